The summed E-state index contributed by atoms with van der Waals surface area (Å²) in [6.07, 6.45) is 0. The van der Waals surface area contributed by atoms with E-state index in [0.717, 1.165) is 0 Å². The second-order valence-electron chi connectivity index (χ2n) is 1.92. The summed E-state index contributed by atoms with van der Waals surface area (Å²) in [5.74, 6) is -0.337. The molecule has 50 valence electrons. The molecule has 3 fully saturated rings. The minimum Gasteiger partial charge on any atom is -0.394 e. The summed E-state index contributed by atoms with van der Waals surface area (Å²) in [6.45, 7) is 0.953. The Hall–Kier alpha value is -0.180. The fourth-order valence-electron chi connectivity index (χ4n) is 0.724. The minimum absolute atomic E-state index is 0.168. The molecule has 3 rings (SSSR count). The van der Waals surface area contributed by atoms with Crippen molar-refractivity contribution in [2.45, 2.75) is 0 Å². The molecule has 0 spiro atoms. The molecule has 0 aliphatic carbocycles. The fourth-order valence-corrected chi connectivity index (χ4v) is 1.80. The lowest BCUT2D eigenvalue weighted by molar-refractivity contribution is -0.151. The van der Waals surface area contributed by atoms with Gasteiger partial charge in [-0.25, -0.2) is 0 Å². The largest absolute Gasteiger partial charge is 0.399 e. The number of hydrogen-bond donors (Lipinski definition) is 0. The molecule has 3 saturated heterocycles. The molecule has 0 saturated carbocycles. The van der Waals surface area contributed by atoms with Crippen LogP contribution < -0.4 is 0 Å². The maximum absolute atomic E-state index is 10.7. The van der Waals surface area contributed by atoms with Crippen LogP contribution >= 0.6 is 8.60 Å². The molecular formula is C4H5O4P. The first-order valence-electron chi connectivity index (χ1n) is 2.64. The standard InChI is InChI=1S/C4H5O4P/c5-4-3-1-6-9(8-4)7-2-3/h3H,1-2H2. The highest BCUT2D eigenvalue weighted by Gasteiger charge is 2.39. The smallest absolute Gasteiger partial charge is 0.394 e. The zero-order valence-electron chi connectivity index (χ0n) is 4.57. The summed E-state index contributed by atoms with van der Waals surface area (Å²) < 4.78 is 14.6. The molecule has 9 heavy (non-hydrogen) atoms. The zero-order valence-corrected chi connectivity index (χ0v) is 5.47. The van der Waals surface area contributed by atoms with Gasteiger partial charge in [-0.05, 0) is 0 Å². The molecule has 3 aliphatic rings. The van der Waals surface area contributed by atoms with Crippen molar-refractivity contribution < 1.29 is 18.4 Å². The van der Waals surface area contributed by atoms with E-state index in [9.17, 15) is 4.79 Å². The molecule has 0 radical (unpaired) electrons. The number of carbonyl (C=O) groups excluding carboxylic acids is 1. The normalized spacial score (nSPS) is 40.7. The molecule has 3 aliphatic heterocycles. The average molecular weight is 148 g/mol. The van der Waals surface area contributed by atoms with E-state index in [1.807, 2.05) is 0 Å². The van der Waals surface area contributed by atoms with Gasteiger partial charge >= 0.3 is 14.6 Å². The van der Waals surface area contributed by atoms with Gasteiger partial charge in [-0.1, -0.05) is 0 Å². The predicted octanol–water partition coefficient (Wildman–Crippen LogP) is 0.433. The Labute approximate surface area is 53.1 Å². The third-order valence-corrected chi connectivity index (χ3v) is 2.31. The van der Waals surface area contributed by atoms with Crippen molar-refractivity contribution in [2.75, 3.05) is 13.2 Å². The van der Waals surface area contributed by atoms with Crippen molar-refractivity contribution >= 4 is 14.6 Å². The topological polar surface area (TPSA) is 44.8 Å². The van der Waals surface area contributed by atoms with E-state index in [2.05, 4.69) is 4.52 Å². The van der Waals surface area contributed by atoms with Gasteiger partial charge in [0.2, 0.25) is 0 Å². The lowest BCUT2D eigenvalue weighted by Gasteiger charge is -2.31. The molecule has 0 N–H and O–H groups in total. The third-order valence-electron chi connectivity index (χ3n) is 1.26. The van der Waals surface area contributed by atoms with E-state index in [4.69, 9.17) is 9.05 Å². The molecule has 0 aromatic rings. The Bertz CT molecular complexity index is 140. The van der Waals surface area contributed by atoms with Gasteiger partial charge in [0.05, 0.1) is 13.2 Å². The Balaban J connectivity index is 2.15. The quantitative estimate of drug-likeness (QED) is 0.467. The van der Waals surface area contributed by atoms with Crippen molar-refractivity contribution in [3.63, 3.8) is 0 Å². The Morgan fingerprint density at radius 3 is 2.33 bits per heavy atom. The lowest BCUT2D eigenvalue weighted by atomic mass is 10.2. The van der Waals surface area contributed by atoms with Gasteiger partial charge in [0.25, 0.3) is 0 Å². The van der Waals surface area contributed by atoms with Crippen LogP contribution in [0.25, 0.3) is 0 Å². The monoisotopic (exact) mass is 148 g/mol. The second kappa shape index (κ2) is 1.90. The van der Waals surface area contributed by atoms with Crippen LogP contribution in [0, 0.1) is 5.92 Å². The summed E-state index contributed by atoms with van der Waals surface area (Å²) in [7, 11) is -1.29. The van der Waals surface area contributed by atoms with Crippen molar-refractivity contribution in [3.8, 4) is 0 Å². The minimum atomic E-state index is -1.29. The van der Waals surface area contributed by atoms with E-state index in [1.54, 1.807) is 0 Å². The molecular weight excluding hydrogens is 143 g/mol. The van der Waals surface area contributed by atoms with Crippen LogP contribution in [0.5, 0.6) is 0 Å². The lowest BCUT2D eigenvalue weighted by Crippen LogP contribution is -2.34. The first-order chi connectivity index (χ1) is 4.36. The highest BCUT2D eigenvalue weighted by atomic mass is 31.2. The number of fused-ring (bicyclic) bond motifs is 3. The van der Waals surface area contributed by atoms with Crippen molar-refractivity contribution in [3.05, 3.63) is 0 Å². The van der Waals surface area contributed by atoms with Gasteiger partial charge in [-0.15, -0.1) is 0 Å². The summed E-state index contributed by atoms with van der Waals surface area (Å²) in [6, 6.07) is 0. The molecule has 3 heterocycles. The predicted molar refractivity (Wildman–Crippen MR) is 28.4 cm³/mol. The molecule has 0 aromatic carbocycles. The van der Waals surface area contributed by atoms with Crippen LogP contribution in [0.15, 0.2) is 0 Å². The van der Waals surface area contributed by atoms with Crippen LogP contribution in [0.3, 0.4) is 0 Å². The van der Waals surface area contributed by atoms with E-state index < -0.39 is 8.60 Å². The first kappa shape index (κ1) is 5.59. The van der Waals surface area contributed by atoms with Crippen LogP contribution in [0.1, 0.15) is 0 Å². The van der Waals surface area contributed by atoms with E-state index >= 15 is 0 Å². The molecule has 0 aromatic heterocycles. The van der Waals surface area contributed by atoms with Gasteiger partial charge < -0.3 is 13.6 Å². The highest BCUT2D eigenvalue weighted by molar-refractivity contribution is 7.42. The molecule has 0 amide bonds. The number of carbonyl (C=O) groups is 1. The summed E-state index contributed by atoms with van der Waals surface area (Å²) in [5.41, 5.74) is 0. The molecule has 0 atom stereocenters. The Morgan fingerprint density at radius 1 is 1.44 bits per heavy atom. The molecule has 2 bridgehead atoms. The summed E-state index contributed by atoms with van der Waals surface area (Å²) >= 11 is 0. The van der Waals surface area contributed by atoms with Gasteiger partial charge in [-0.3, -0.25) is 4.79 Å². The second-order valence-corrected chi connectivity index (χ2v) is 3.07. The number of hydrogen-bond acceptors (Lipinski definition) is 4. The van der Waals surface area contributed by atoms with Crippen molar-refractivity contribution in [1.29, 1.82) is 0 Å². The SMILES string of the molecule is O=C1OP2OCC1CO2. The maximum Gasteiger partial charge on any atom is 0.399 e. The summed E-state index contributed by atoms with van der Waals surface area (Å²) in [4.78, 5) is 10.7. The van der Waals surface area contributed by atoms with Gasteiger partial charge in [0.15, 0.2) is 0 Å². The third kappa shape index (κ3) is 0.834. The molecule has 0 unspecified atom stereocenters. The molecule has 5 heteroatoms. The zero-order chi connectivity index (χ0) is 6.27. The Kier molecular flexibility index (Phi) is 1.18. The van der Waals surface area contributed by atoms with Crippen LogP contribution in [-0.2, 0) is 18.4 Å². The number of rotatable bonds is 0. The van der Waals surface area contributed by atoms with E-state index in [0.29, 0.717) is 13.2 Å². The van der Waals surface area contributed by atoms with Gasteiger partial charge in [0.1, 0.15) is 5.92 Å². The Morgan fingerprint density at radius 2 is 2.11 bits per heavy atom. The van der Waals surface area contributed by atoms with Crippen LogP contribution in [-0.4, -0.2) is 19.2 Å². The first-order valence-corrected chi connectivity index (χ1v) is 3.73. The highest BCUT2D eigenvalue weighted by Crippen LogP contribution is 2.48. The average Bonchev–Trinajstić information content (AvgIpc) is 1.90. The maximum atomic E-state index is 10.7. The van der Waals surface area contributed by atoms with E-state index in [1.165, 1.54) is 0 Å². The fraction of sp³-hybridized carbons (Fsp3) is 0.750. The molecule has 4 nitrogen and oxygen atoms in total. The summed E-state index contributed by atoms with van der Waals surface area (Å²) in [5, 5.41) is 0. The van der Waals surface area contributed by atoms with Crippen LogP contribution in [0.2, 0.25) is 0 Å². The van der Waals surface area contributed by atoms with Crippen molar-refractivity contribution in [1.82, 2.24) is 0 Å². The van der Waals surface area contributed by atoms with Crippen molar-refractivity contribution in [2.24, 2.45) is 5.92 Å². The van der Waals surface area contributed by atoms with E-state index in [-0.39, 0.29) is 11.9 Å². The van der Waals surface area contributed by atoms with Gasteiger partial charge in [0, 0.05) is 0 Å². The van der Waals surface area contributed by atoms with Crippen LogP contribution in [0.4, 0.5) is 0 Å². The van der Waals surface area contributed by atoms with Gasteiger partial charge in [-0.2, -0.15) is 0 Å².